The molecule has 0 bridgehead atoms. The lowest BCUT2D eigenvalue weighted by atomic mass is 10.0. The summed E-state index contributed by atoms with van der Waals surface area (Å²) in [6.45, 7) is 1.64. The number of aliphatic hydroxyl groups is 1. The SMILES string of the molecule is CCOC(=O)C(O)c1cc(C(=O)O)c(O)cc1OC. The Morgan fingerprint density at radius 2 is 2.00 bits per heavy atom. The average molecular weight is 270 g/mol. The summed E-state index contributed by atoms with van der Waals surface area (Å²) in [6.07, 6.45) is -1.69. The van der Waals surface area contributed by atoms with Crippen molar-refractivity contribution < 1.29 is 34.4 Å². The van der Waals surface area contributed by atoms with Crippen LogP contribution in [0.3, 0.4) is 0 Å². The number of benzene rings is 1. The predicted molar refractivity (Wildman–Crippen MR) is 63.2 cm³/mol. The highest BCUT2D eigenvalue weighted by Gasteiger charge is 2.25. The molecule has 0 radical (unpaired) electrons. The number of carbonyl (C=O) groups is 2. The van der Waals surface area contributed by atoms with Crippen LogP contribution in [0.25, 0.3) is 0 Å². The van der Waals surface area contributed by atoms with Gasteiger partial charge in [-0.15, -0.1) is 0 Å². The fraction of sp³-hybridized carbons (Fsp3) is 0.333. The van der Waals surface area contributed by atoms with Gasteiger partial charge in [-0.2, -0.15) is 0 Å². The maximum absolute atomic E-state index is 11.4. The number of esters is 1. The Bertz CT molecular complexity index is 495. The van der Waals surface area contributed by atoms with E-state index in [-0.39, 0.29) is 17.9 Å². The van der Waals surface area contributed by atoms with Gasteiger partial charge >= 0.3 is 11.9 Å². The Morgan fingerprint density at radius 1 is 1.37 bits per heavy atom. The smallest absolute Gasteiger partial charge is 0.339 e. The van der Waals surface area contributed by atoms with Crippen LogP contribution in [0.5, 0.6) is 11.5 Å². The molecule has 0 saturated carbocycles. The van der Waals surface area contributed by atoms with Crippen molar-refractivity contribution in [3.05, 3.63) is 23.3 Å². The molecule has 3 N–H and O–H groups in total. The molecule has 0 heterocycles. The Labute approximate surface area is 109 Å². The minimum absolute atomic E-state index is 0.0111. The second-order valence-corrected chi connectivity index (χ2v) is 3.57. The fourth-order valence-corrected chi connectivity index (χ4v) is 1.50. The number of rotatable bonds is 5. The number of carboxylic acid groups (broad SMARTS) is 1. The van der Waals surface area contributed by atoms with Gasteiger partial charge in [-0.1, -0.05) is 0 Å². The first-order valence-electron chi connectivity index (χ1n) is 5.41. The number of hydrogen-bond donors (Lipinski definition) is 3. The Kier molecular flexibility index (Phi) is 4.71. The van der Waals surface area contributed by atoms with Gasteiger partial charge in [-0.3, -0.25) is 0 Å². The van der Waals surface area contributed by atoms with Crippen molar-refractivity contribution in [1.82, 2.24) is 0 Å². The van der Waals surface area contributed by atoms with E-state index in [1.807, 2.05) is 0 Å². The van der Waals surface area contributed by atoms with Crippen molar-refractivity contribution in [2.45, 2.75) is 13.0 Å². The molecule has 19 heavy (non-hydrogen) atoms. The van der Waals surface area contributed by atoms with Gasteiger partial charge in [0.1, 0.15) is 17.1 Å². The van der Waals surface area contributed by atoms with Crippen LogP contribution in [0, 0.1) is 0 Å². The van der Waals surface area contributed by atoms with E-state index in [9.17, 15) is 19.8 Å². The molecule has 0 aliphatic carbocycles. The molecule has 1 aromatic carbocycles. The number of methoxy groups -OCH3 is 1. The molecule has 7 heteroatoms. The van der Waals surface area contributed by atoms with Gasteiger partial charge in [0.25, 0.3) is 0 Å². The van der Waals surface area contributed by atoms with Crippen molar-refractivity contribution in [2.24, 2.45) is 0 Å². The summed E-state index contributed by atoms with van der Waals surface area (Å²) in [5.74, 6) is -2.85. The van der Waals surface area contributed by atoms with Crippen molar-refractivity contribution >= 4 is 11.9 Å². The van der Waals surface area contributed by atoms with Crippen molar-refractivity contribution in [2.75, 3.05) is 13.7 Å². The molecule has 0 aromatic heterocycles. The Hall–Kier alpha value is -2.28. The van der Waals surface area contributed by atoms with Crippen LogP contribution < -0.4 is 4.74 Å². The lowest BCUT2D eigenvalue weighted by Gasteiger charge is -2.15. The average Bonchev–Trinajstić information content (AvgIpc) is 2.37. The van der Waals surface area contributed by atoms with Gasteiger partial charge in [-0.05, 0) is 13.0 Å². The quantitative estimate of drug-likeness (QED) is 0.674. The molecule has 0 fully saturated rings. The molecule has 0 spiro atoms. The number of carboxylic acids is 1. The van der Waals surface area contributed by atoms with Crippen LogP contribution in [0.4, 0.5) is 0 Å². The highest BCUT2D eigenvalue weighted by atomic mass is 16.5. The lowest BCUT2D eigenvalue weighted by molar-refractivity contribution is -0.153. The third-order valence-corrected chi connectivity index (χ3v) is 2.38. The minimum atomic E-state index is -1.69. The Morgan fingerprint density at radius 3 is 2.47 bits per heavy atom. The van der Waals surface area contributed by atoms with Crippen molar-refractivity contribution in [3.8, 4) is 11.5 Å². The van der Waals surface area contributed by atoms with E-state index < -0.39 is 29.4 Å². The van der Waals surface area contributed by atoms with E-state index in [1.54, 1.807) is 6.92 Å². The number of aromatic carboxylic acids is 1. The molecule has 1 rings (SSSR count). The first-order chi connectivity index (χ1) is 8.92. The normalized spacial score (nSPS) is 11.7. The maximum Gasteiger partial charge on any atom is 0.339 e. The van der Waals surface area contributed by atoms with Gasteiger partial charge in [0, 0.05) is 11.6 Å². The van der Waals surface area contributed by atoms with Crippen LogP contribution in [0.2, 0.25) is 0 Å². The first-order valence-corrected chi connectivity index (χ1v) is 5.41. The van der Waals surface area contributed by atoms with Crippen LogP contribution in [0.1, 0.15) is 28.9 Å². The van der Waals surface area contributed by atoms with Gasteiger partial charge in [0.15, 0.2) is 6.10 Å². The van der Waals surface area contributed by atoms with E-state index in [0.717, 1.165) is 12.1 Å². The molecule has 1 aromatic rings. The zero-order chi connectivity index (χ0) is 14.6. The molecule has 0 saturated heterocycles. The maximum atomic E-state index is 11.4. The topological polar surface area (TPSA) is 113 Å². The summed E-state index contributed by atoms with van der Waals surface area (Å²) >= 11 is 0. The Balaban J connectivity index is 3.28. The second-order valence-electron chi connectivity index (χ2n) is 3.57. The molecule has 0 amide bonds. The van der Waals surface area contributed by atoms with E-state index in [4.69, 9.17) is 9.84 Å². The molecule has 7 nitrogen and oxygen atoms in total. The van der Waals surface area contributed by atoms with Crippen LogP contribution in [0.15, 0.2) is 12.1 Å². The number of carbonyl (C=O) groups excluding carboxylic acids is 1. The number of ether oxygens (including phenoxy) is 2. The molecule has 1 atom stereocenters. The number of phenols is 1. The molecule has 104 valence electrons. The summed E-state index contributed by atoms with van der Waals surface area (Å²) in [5, 5.41) is 28.2. The van der Waals surface area contributed by atoms with E-state index >= 15 is 0 Å². The van der Waals surface area contributed by atoms with E-state index in [1.165, 1.54) is 7.11 Å². The van der Waals surface area contributed by atoms with E-state index in [0.29, 0.717) is 0 Å². The van der Waals surface area contributed by atoms with Crippen molar-refractivity contribution in [1.29, 1.82) is 0 Å². The monoisotopic (exact) mass is 270 g/mol. The summed E-state index contributed by atoms with van der Waals surface area (Å²) in [6, 6.07) is 1.99. The standard InChI is InChI=1S/C12H14O7/c1-3-19-12(17)10(14)7-4-6(11(15)16)8(13)5-9(7)18-2/h4-5,10,13-14H,3H2,1-2H3,(H,15,16). The first kappa shape index (κ1) is 14.8. The zero-order valence-electron chi connectivity index (χ0n) is 10.4. The van der Waals surface area contributed by atoms with Gasteiger partial charge in [-0.25, -0.2) is 9.59 Å². The van der Waals surface area contributed by atoms with Crippen LogP contribution in [-0.4, -0.2) is 41.0 Å². The van der Waals surface area contributed by atoms with Crippen molar-refractivity contribution in [3.63, 3.8) is 0 Å². The highest BCUT2D eigenvalue weighted by Crippen LogP contribution is 2.32. The fourth-order valence-electron chi connectivity index (χ4n) is 1.50. The van der Waals surface area contributed by atoms with Crippen LogP contribution >= 0.6 is 0 Å². The summed E-state index contributed by atoms with van der Waals surface area (Å²) < 4.78 is 9.52. The molecule has 1 unspecified atom stereocenters. The second kappa shape index (κ2) is 6.05. The zero-order valence-corrected chi connectivity index (χ0v) is 10.4. The number of aliphatic hydroxyl groups excluding tert-OH is 1. The lowest BCUT2D eigenvalue weighted by Crippen LogP contribution is -2.17. The number of aromatic hydroxyl groups is 1. The summed E-state index contributed by atoms with van der Waals surface area (Å²) in [5.41, 5.74) is -0.532. The minimum Gasteiger partial charge on any atom is -0.507 e. The van der Waals surface area contributed by atoms with Gasteiger partial charge in [0.05, 0.1) is 13.7 Å². The molecular weight excluding hydrogens is 256 g/mol. The van der Waals surface area contributed by atoms with E-state index in [2.05, 4.69) is 4.74 Å². The highest BCUT2D eigenvalue weighted by molar-refractivity contribution is 5.92. The summed E-state index contributed by atoms with van der Waals surface area (Å²) in [4.78, 5) is 22.3. The predicted octanol–water partition coefficient (Wildman–Crippen LogP) is 0.696. The molecule has 0 aliphatic rings. The molecular formula is C12H14O7. The van der Waals surface area contributed by atoms with Crippen LogP contribution in [-0.2, 0) is 9.53 Å². The van der Waals surface area contributed by atoms with Gasteiger partial charge < -0.3 is 24.8 Å². The number of hydrogen-bond acceptors (Lipinski definition) is 6. The third-order valence-electron chi connectivity index (χ3n) is 2.38. The third kappa shape index (κ3) is 3.14. The largest absolute Gasteiger partial charge is 0.507 e. The van der Waals surface area contributed by atoms with Gasteiger partial charge in [0.2, 0.25) is 0 Å². The summed E-state index contributed by atoms with van der Waals surface area (Å²) in [7, 11) is 1.26. The molecule has 0 aliphatic heterocycles.